The van der Waals surface area contributed by atoms with Gasteiger partial charge < -0.3 is 10.1 Å². The van der Waals surface area contributed by atoms with Crippen molar-refractivity contribution in [1.29, 1.82) is 0 Å². The topological polar surface area (TPSA) is 62.8 Å². The van der Waals surface area contributed by atoms with Crippen LogP contribution in [0.3, 0.4) is 0 Å². The van der Waals surface area contributed by atoms with Gasteiger partial charge >= 0.3 is 6.36 Å². The number of aromatic amines is 1. The molecule has 3 aromatic rings. The zero-order valence-electron chi connectivity index (χ0n) is 12.8. The van der Waals surface area contributed by atoms with Crippen molar-refractivity contribution in [1.82, 2.24) is 15.2 Å². The Kier molecular flexibility index (Phi) is 3.60. The van der Waals surface area contributed by atoms with Gasteiger partial charge in [-0.15, -0.1) is 13.2 Å². The minimum absolute atomic E-state index is 0.133. The lowest BCUT2D eigenvalue weighted by Gasteiger charge is -2.11. The van der Waals surface area contributed by atoms with Gasteiger partial charge in [0, 0.05) is 36.0 Å². The maximum atomic E-state index is 12.2. The van der Waals surface area contributed by atoms with E-state index in [-0.39, 0.29) is 11.7 Å². The highest BCUT2D eigenvalue weighted by Gasteiger charge is 2.31. The van der Waals surface area contributed by atoms with Gasteiger partial charge in [0.1, 0.15) is 11.6 Å². The number of rotatable bonds is 3. The van der Waals surface area contributed by atoms with Crippen LogP contribution in [0.5, 0.6) is 5.75 Å². The minimum atomic E-state index is -4.69. The third-order valence-electron chi connectivity index (χ3n) is 4.11. The fourth-order valence-corrected chi connectivity index (χ4v) is 2.96. The summed E-state index contributed by atoms with van der Waals surface area (Å²) in [6.07, 6.45) is 0.623. The molecule has 3 heterocycles. The number of hydrogen-bond acceptors (Lipinski definition) is 4. The van der Waals surface area contributed by atoms with E-state index in [9.17, 15) is 13.2 Å². The second-order valence-corrected chi connectivity index (χ2v) is 5.70. The molecule has 4 rings (SSSR count). The molecule has 1 aliphatic rings. The molecule has 2 N–H and O–H groups in total. The van der Waals surface area contributed by atoms with Crippen LogP contribution < -0.4 is 10.1 Å². The number of H-pyrrole nitrogens is 1. The van der Waals surface area contributed by atoms with Crippen LogP contribution >= 0.6 is 0 Å². The number of benzene rings is 1. The van der Waals surface area contributed by atoms with E-state index in [0.29, 0.717) is 0 Å². The van der Waals surface area contributed by atoms with Crippen LogP contribution in [-0.4, -0.2) is 28.1 Å². The van der Waals surface area contributed by atoms with E-state index in [1.807, 2.05) is 12.3 Å². The number of alkyl halides is 3. The zero-order valence-corrected chi connectivity index (χ0v) is 12.8. The zero-order chi connectivity index (χ0) is 17.4. The average Bonchev–Trinajstić information content (AvgIpc) is 3.22. The summed E-state index contributed by atoms with van der Waals surface area (Å²) in [6, 6.07) is 7.75. The van der Waals surface area contributed by atoms with Crippen LogP contribution in [0.4, 0.5) is 19.0 Å². The monoisotopic (exact) mass is 346 g/mol. The molecule has 1 aliphatic heterocycles. The Hall–Kier alpha value is -3.03. The lowest BCUT2D eigenvalue weighted by atomic mass is 9.95. The van der Waals surface area contributed by atoms with E-state index >= 15 is 0 Å². The molecule has 1 aromatic carbocycles. The summed E-state index contributed by atoms with van der Waals surface area (Å²) >= 11 is 0. The number of aromatic nitrogens is 3. The van der Waals surface area contributed by atoms with Crippen LogP contribution in [0.1, 0.15) is 17.0 Å². The number of fused-ring (bicyclic) bond motifs is 1. The fraction of sp³-hybridized carbons (Fsp3) is 0.176. The maximum Gasteiger partial charge on any atom is 0.573 e. The number of anilines is 1. The molecule has 0 amide bonds. The van der Waals surface area contributed by atoms with Crippen molar-refractivity contribution in [3.63, 3.8) is 0 Å². The summed E-state index contributed by atoms with van der Waals surface area (Å²) < 4.78 is 40.6. The Morgan fingerprint density at radius 2 is 1.88 bits per heavy atom. The molecule has 0 aliphatic carbocycles. The molecule has 8 heteroatoms. The second kappa shape index (κ2) is 5.80. The van der Waals surface area contributed by atoms with Gasteiger partial charge in [-0.3, -0.25) is 5.10 Å². The van der Waals surface area contributed by atoms with Crippen LogP contribution in [0, 0.1) is 0 Å². The summed E-state index contributed by atoms with van der Waals surface area (Å²) in [5.74, 6) is 0.698. The largest absolute Gasteiger partial charge is 0.573 e. The van der Waals surface area contributed by atoms with Crippen LogP contribution in [0.15, 0.2) is 48.9 Å². The van der Waals surface area contributed by atoms with Crippen molar-refractivity contribution < 1.29 is 17.9 Å². The number of halogens is 3. The lowest BCUT2D eigenvalue weighted by Crippen LogP contribution is -2.16. The summed E-state index contributed by atoms with van der Waals surface area (Å²) in [6.45, 7) is 0.726. The Labute approximate surface area is 140 Å². The van der Waals surface area contributed by atoms with Crippen molar-refractivity contribution in [3.05, 3.63) is 60.0 Å². The fourth-order valence-electron chi connectivity index (χ4n) is 2.96. The molecule has 25 heavy (non-hydrogen) atoms. The smallest absolute Gasteiger partial charge is 0.406 e. The Balaban J connectivity index is 1.63. The molecule has 1 unspecified atom stereocenters. The number of nitrogens with one attached hydrogen (secondary N) is 2. The van der Waals surface area contributed by atoms with E-state index in [1.54, 1.807) is 24.5 Å². The number of nitrogens with zero attached hydrogens (tertiary/aromatic N) is 2. The molecule has 128 valence electrons. The molecule has 0 bridgehead atoms. The third kappa shape index (κ3) is 3.15. The predicted octanol–water partition coefficient (Wildman–Crippen LogP) is 3.93. The normalized spacial score (nSPS) is 16.4. The highest BCUT2D eigenvalue weighted by atomic mass is 19.4. The van der Waals surface area contributed by atoms with E-state index < -0.39 is 6.36 Å². The molecular formula is C17H13F3N4O. The first kappa shape index (κ1) is 15.5. The molecule has 0 saturated heterocycles. The van der Waals surface area contributed by atoms with E-state index in [1.165, 1.54) is 12.1 Å². The van der Waals surface area contributed by atoms with Gasteiger partial charge in [-0.2, -0.15) is 5.10 Å². The summed E-state index contributed by atoms with van der Waals surface area (Å²) in [4.78, 5) is 4.42. The van der Waals surface area contributed by atoms with Gasteiger partial charge in [0.2, 0.25) is 0 Å². The average molecular weight is 346 g/mol. The molecule has 5 nitrogen and oxygen atoms in total. The summed E-state index contributed by atoms with van der Waals surface area (Å²) in [5, 5.41) is 10.0. The SMILES string of the molecule is FC(F)(F)Oc1ccc(-c2cnc3c(c2)C(c2cn[nH]c2)CN3)cc1. The predicted molar refractivity (Wildman–Crippen MR) is 85.3 cm³/mol. The standard InChI is InChI=1S/C17H13F3N4O/c18-17(19,20)25-13-3-1-10(2-4-13)11-5-14-15(12-7-23-24-8-12)9-22-16(14)21-6-11/h1-8,15H,9H2,(H,21,22)(H,23,24). The molecule has 0 spiro atoms. The number of pyridine rings is 1. The van der Waals surface area contributed by atoms with Gasteiger partial charge in [-0.25, -0.2) is 4.98 Å². The highest BCUT2D eigenvalue weighted by molar-refractivity contribution is 5.69. The number of ether oxygens (including phenoxy) is 1. The third-order valence-corrected chi connectivity index (χ3v) is 4.11. The van der Waals surface area contributed by atoms with Crippen molar-refractivity contribution >= 4 is 5.82 Å². The van der Waals surface area contributed by atoms with Gasteiger partial charge in [0.25, 0.3) is 0 Å². The van der Waals surface area contributed by atoms with Crippen molar-refractivity contribution in [2.45, 2.75) is 12.3 Å². The summed E-state index contributed by atoms with van der Waals surface area (Å²) in [7, 11) is 0. The maximum absolute atomic E-state index is 12.2. The summed E-state index contributed by atoms with van der Waals surface area (Å²) in [5.41, 5.74) is 3.69. The highest BCUT2D eigenvalue weighted by Crippen LogP contribution is 2.37. The van der Waals surface area contributed by atoms with Crippen molar-refractivity contribution in [3.8, 4) is 16.9 Å². The van der Waals surface area contributed by atoms with Gasteiger partial charge in [-0.05, 0) is 29.3 Å². The first-order valence-corrected chi connectivity index (χ1v) is 7.58. The first-order chi connectivity index (χ1) is 12.0. The minimum Gasteiger partial charge on any atom is -0.406 e. The van der Waals surface area contributed by atoms with Crippen molar-refractivity contribution in [2.75, 3.05) is 11.9 Å². The molecule has 0 fully saturated rings. The van der Waals surface area contributed by atoms with Crippen LogP contribution in [0.2, 0.25) is 0 Å². The van der Waals surface area contributed by atoms with E-state index in [0.717, 1.165) is 34.6 Å². The molecule has 0 saturated carbocycles. The van der Waals surface area contributed by atoms with Crippen molar-refractivity contribution in [2.24, 2.45) is 0 Å². The Morgan fingerprint density at radius 1 is 1.08 bits per heavy atom. The van der Waals surface area contributed by atoms with Gasteiger partial charge in [0.15, 0.2) is 0 Å². The number of hydrogen-bond donors (Lipinski definition) is 2. The second-order valence-electron chi connectivity index (χ2n) is 5.70. The van der Waals surface area contributed by atoms with Gasteiger partial charge in [-0.1, -0.05) is 12.1 Å². The lowest BCUT2D eigenvalue weighted by molar-refractivity contribution is -0.274. The van der Waals surface area contributed by atoms with Gasteiger partial charge in [0.05, 0.1) is 6.20 Å². The Morgan fingerprint density at radius 3 is 2.56 bits per heavy atom. The quantitative estimate of drug-likeness (QED) is 0.754. The van der Waals surface area contributed by atoms with E-state index in [2.05, 4.69) is 25.2 Å². The molecule has 1 atom stereocenters. The first-order valence-electron chi connectivity index (χ1n) is 7.58. The molecular weight excluding hydrogens is 333 g/mol. The van der Waals surface area contributed by atoms with E-state index in [4.69, 9.17) is 0 Å². The van der Waals surface area contributed by atoms with Crippen LogP contribution in [0.25, 0.3) is 11.1 Å². The Bertz CT molecular complexity index is 876. The molecule has 0 radical (unpaired) electrons. The molecule has 2 aromatic heterocycles. The van der Waals surface area contributed by atoms with Crippen LogP contribution in [-0.2, 0) is 0 Å².